The first-order valence-electron chi connectivity index (χ1n) is 7.93. The summed E-state index contributed by atoms with van der Waals surface area (Å²) in [4.78, 5) is 0. The molecule has 0 aliphatic rings. The van der Waals surface area contributed by atoms with Crippen molar-refractivity contribution in [3.63, 3.8) is 0 Å². The molecule has 116 valence electrons. The van der Waals surface area contributed by atoms with E-state index in [1.807, 2.05) is 0 Å². The molecule has 2 unspecified atom stereocenters. The molecule has 3 aromatic rings. The van der Waals surface area contributed by atoms with Crippen molar-refractivity contribution in [3.05, 3.63) is 101 Å². The van der Waals surface area contributed by atoms with E-state index in [4.69, 9.17) is 0 Å². The summed E-state index contributed by atoms with van der Waals surface area (Å²) >= 11 is 0. The number of rotatable bonds is 5. The predicted molar refractivity (Wildman–Crippen MR) is 108 cm³/mol. The predicted octanol–water partition coefficient (Wildman–Crippen LogP) is 4.74. The van der Waals surface area contributed by atoms with E-state index in [0.29, 0.717) is 0 Å². The van der Waals surface area contributed by atoms with Crippen LogP contribution in [0.5, 0.6) is 0 Å². The minimum absolute atomic E-state index is 0.994. The van der Waals surface area contributed by atoms with Gasteiger partial charge in [0.25, 0.3) is 0 Å². The Morgan fingerprint density at radius 2 is 0.783 bits per heavy atom. The molecule has 3 rings (SSSR count). The molecule has 0 radical (unpaired) electrons. The molecule has 0 spiro atoms. The SMILES string of the molecule is PCc1ccc(Cc2ccc(Cc3ccc(P)cc3)cc2)cc1. The lowest BCUT2D eigenvalue weighted by Crippen LogP contribution is -1.94. The molecular formula is C21H22P2. The molecule has 0 fully saturated rings. The minimum atomic E-state index is 0.994. The first-order valence-corrected chi connectivity index (χ1v) is 9.32. The quantitative estimate of drug-likeness (QED) is 0.590. The second-order valence-electron chi connectivity index (χ2n) is 5.93. The van der Waals surface area contributed by atoms with Gasteiger partial charge in [-0.2, -0.15) is 0 Å². The van der Waals surface area contributed by atoms with E-state index < -0.39 is 0 Å². The lowest BCUT2D eigenvalue weighted by Gasteiger charge is -2.06. The van der Waals surface area contributed by atoms with Gasteiger partial charge in [0, 0.05) is 0 Å². The molecule has 0 nitrogen and oxygen atoms in total. The lowest BCUT2D eigenvalue weighted by atomic mass is 10.00. The van der Waals surface area contributed by atoms with E-state index >= 15 is 0 Å². The smallest absolute Gasteiger partial charge is 0.00258 e. The van der Waals surface area contributed by atoms with E-state index in [-0.39, 0.29) is 0 Å². The fourth-order valence-corrected chi connectivity index (χ4v) is 3.14. The highest BCUT2D eigenvalue weighted by atomic mass is 31.0. The highest BCUT2D eigenvalue weighted by molar-refractivity contribution is 7.27. The molecule has 23 heavy (non-hydrogen) atoms. The van der Waals surface area contributed by atoms with Gasteiger partial charge in [-0.1, -0.05) is 72.8 Å². The average Bonchev–Trinajstić information content (AvgIpc) is 2.59. The standard InChI is InChI=1S/C21H22P2/c22-15-20-7-5-18(6-8-20)13-16-1-3-17(4-2-16)14-19-9-11-21(23)12-10-19/h1-12H,13-15,22-23H2. The van der Waals surface area contributed by atoms with Crippen LogP contribution in [-0.2, 0) is 19.0 Å². The van der Waals surface area contributed by atoms with E-state index in [2.05, 4.69) is 91.3 Å². The zero-order valence-electron chi connectivity index (χ0n) is 13.2. The maximum atomic E-state index is 2.77. The van der Waals surface area contributed by atoms with Crippen LogP contribution in [0.2, 0.25) is 0 Å². The van der Waals surface area contributed by atoms with E-state index in [0.717, 1.165) is 19.0 Å². The maximum absolute atomic E-state index is 2.77. The molecular weight excluding hydrogens is 314 g/mol. The van der Waals surface area contributed by atoms with Gasteiger partial charge >= 0.3 is 0 Å². The van der Waals surface area contributed by atoms with Gasteiger partial charge in [0.05, 0.1) is 0 Å². The van der Waals surface area contributed by atoms with Gasteiger partial charge in [-0.3, -0.25) is 0 Å². The van der Waals surface area contributed by atoms with E-state index in [9.17, 15) is 0 Å². The van der Waals surface area contributed by atoms with Gasteiger partial charge in [0.15, 0.2) is 0 Å². The van der Waals surface area contributed by atoms with Crippen molar-refractivity contribution in [2.45, 2.75) is 19.0 Å². The Morgan fingerprint density at radius 1 is 0.478 bits per heavy atom. The molecule has 0 bridgehead atoms. The van der Waals surface area contributed by atoms with Crippen molar-refractivity contribution in [3.8, 4) is 0 Å². The first kappa shape index (κ1) is 16.4. The van der Waals surface area contributed by atoms with Crippen molar-refractivity contribution in [1.29, 1.82) is 0 Å². The first-order chi connectivity index (χ1) is 11.2. The topological polar surface area (TPSA) is 0 Å². The summed E-state index contributed by atoms with van der Waals surface area (Å²) < 4.78 is 0. The van der Waals surface area contributed by atoms with Crippen molar-refractivity contribution in [2.24, 2.45) is 0 Å². The molecule has 2 atom stereocenters. The van der Waals surface area contributed by atoms with Gasteiger partial charge in [-0.25, -0.2) is 0 Å². The number of hydrogen-bond donors (Lipinski definition) is 0. The third kappa shape index (κ3) is 4.74. The van der Waals surface area contributed by atoms with E-state index in [1.165, 1.54) is 33.1 Å². The van der Waals surface area contributed by atoms with Crippen molar-refractivity contribution in [1.82, 2.24) is 0 Å². The third-order valence-corrected chi connectivity index (χ3v) is 4.93. The van der Waals surface area contributed by atoms with Crippen LogP contribution in [0.15, 0.2) is 72.8 Å². The molecule has 0 aliphatic heterocycles. The summed E-state index contributed by atoms with van der Waals surface area (Å²) in [6.45, 7) is 0. The molecule has 0 heterocycles. The Kier molecular flexibility index (Phi) is 5.60. The Balaban J connectivity index is 1.65. The Morgan fingerprint density at radius 3 is 1.13 bits per heavy atom. The van der Waals surface area contributed by atoms with Crippen molar-refractivity contribution in [2.75, 3.05) is 0 Å². The molecule has 0 aromatic heterocycles. The van der Waals surface area contributed by atoms with Crippen LogP contribution in [0.3, 0.4) is 0 Å². The minimum Gasteiger partial charge on any atom is -0.133 e. The Bertz CT molecular complexity index is 741. The summed E-state index contributed by atoms with van der Waals surface area (Å²) in [5.74, 6) is 0. The monoisotopic (exact) mass is 336 g/mol. The lowest BCUT2D eigenvalue weighted by molar-refractivity contribution is 1.15. The van der Waals surface area contributed by atoms with Crippen molar-refractivity contribution >= 4 is 23.8 Å². The summed E-state index contributed by atoms with van der Waals surface area (Å²) in [5.41, 5.74) is 6.83. The third-order valence-electron chi connectivity index (χ3n) is 4.08. The van der Waals surface area contributed by atoms with Crippen LogP contribution in [0, 0.1) is 0 Å². The fourth-order valence-electron chi connectivity index (χ4n) is 2.68. The van der Waals surface area contributed by atoms with Crippen LogP contribution in [-0.4, -0.2) is 0 Å². The van der Waals surface area contributed by atoms with Gasteiger partial charge in [-0.05, 0) is 52.1 Å². The second kappa shape index (κ2) is 7.87. The normalized spacial score (nSPS) is 10.7. The number of hydrogen-bond acceptors (Lipinski definition) is 0. The summed E-state index contributed by atoms with van der Waals surface area (Å²) in [7, 11) is 5.50. The molecule has 0 N–H and O–H groups in total. The van der Waals surface area contributed by atoms with Crippen LogP contribution in [0.1, 0.15) is 27.8 Å². The Labute approximate surface area is 143 Å². The Hall–Kier alpha value is -1.48. The molecule has 0 aliphatic carbocycles. The fraction of sp³-hybridized carbons (Fsp3) is 0.143. The van der Waals surface area contributed by atoms with Gasteiger partial charge in [0.2, 0.25) is 0 Å². The largest absolute Gasteiger partial charge is 0.133 e. The van der Waals surface area contributed by atoms with E-state index in [1.54, 1.807) is 0 Å². The number of benzene rings is 3. The van der Waals surface area contributed by atoms with Gasteiger partial charge in [-0.15, -0.1) is 18.5 Å². The van der Waals surface area contributed by atoms with Crippen LogP contribution in [0.4, 0.5) is 0 Å². The molecule has 0 amide bonds. The van der Waals surface area contributed by atoms with Gasteiger partial charge in [0.1, 0.15) is 0 Å². The molecule has 0 saturated carbocycles. The zero-order valence-corrected chi connectivity index (χ0v) is 15.5. The zero-order chi connectivity index (χ0) is 16.1. The van der Waals surface area contributed by atoms with Crippen LogP contribution >= 0.6 is 18.5 Å². The average molecular weight is 336 g/mol. The summed E-state index contributed by atoms with van der Waals surface area (Å²) in [6, 6.07) is 26.6. The summed E-state index contributed by atoms with van der Waals surface area (Å²) in [5, 5.41) is 1.23. The second-order valence-corrected chi connectivity index (χ2v) is 7.01. The maximum Gasteiger partial charge on any atom is -0.00258 e. The van der Waals surface area contributed by atoms with Crippen molar-refractivity contribution < 1.29 is 0 Å². The highest BCUT2D eigenvalue weighted by Crippen LogP contribution is 2.15. The highest BCUT2D eigenvalue weighted by Gasteiger charge is 2.00. The van der Waals surface area contributed by atoms with Gasteiger partial charge < -0.3 is 0 Å². The molecule has 0 saturated heterocycles. The molecule has 3 aromatic carbocycles. The molecule has 2 heteroatoms. The van der Waals surface area contributed by atoms with Crippen LogP contribution < -0.4 is 5.30 Å². The summed E-state index contributed by atoms with van der Waals surface area (Å²) in [6.07, 6.45) is 3.01. The van der Waals surface area contributed by atoms with Crippen LogP contribution in [0.25, 0.3) is 0 Å².